The van der Waals surface area contributed by atoms with E-state index in [1.54, 1.807) is 0 Å². The Morgan fingerprint density at radius 1 is 1.38 bits per heavy atom. The van der Waals surface area contributed by atoms with Crippen molar-refractivity contribution in [3.05, 3.63) is 41.3 Å². The first kappa shape index (κ1) is 10.7. The van der Waals surface area contributed by atoms with E-state index in [2.05, 4.69) is 28.4 Å². The average molecular weight is 216 g/mol. The third kappa shape index (κ3) is 2.21. The second kappa shape index (κ2) is 4.35. The molecule has 0 radical (unpaired) electrons. The smallest absolute Gasteiger partial charge is 0.148 e. The molecule has 0 atom stereocenters. The van der Waals surface area contributed by atoms with Gasteiger partial charge in [-0.2, -0.15) is 5.10 Å². The second-order valence-electron chi connectivity index (χ2n) is 3.92. The lowest BCUT2D eigenvalue weighted by Crippen LogP contribution is -2.04. The molecule has 2 aromatic heterocycles. The summed E-state index contributed by atoms with van der Waals surface area (Å²) in [5.41, 5.74) is 3.40. The van der Waals surface area contributed by atoms with E-state index in [0.717, 1.165) is 17.2 Å². The van der Waals surface area contributed by atoms with Gasteiger partial charge in [0.15, 0.2) is 0 Å². The summed E-state index contributed by atoms with van der Waals surface area (Å²) in [4.78, 5) is 4.33. The van der Waals surface area contributed by atoms with E-state index in [0.29, 0.717) is 6.54 Å². The first-order valence-corrected chi connectivity index (χ1v) is 5.32. The van der Waals surface area contributed by atoms with Crippen molar-refractivity contribution in [2.75, 3.05) is 5.32 Å². The van der Waals surface area contributed by atoms with Crippen molar-refractivity contribution in [1.29, 1.82) is 0 Å². The van der Waals surface area contributed by atoms with Gasteiger partial charge in [-0.15, -0.1) is 0 Å². The van der Waals surface area contributed by atoms with Gasteiger partial charge < -0.3 is 5.32 Å². The Bertz CT molecular complexity index is 468. The number of pyridine rings is 1. The molecule has 0 fully saturated rings. The lowest BCUT2D eigenvalue weighted by atomic mass is 10.2. The molecule has 16 heavy (non-hydrogen) atoms. The van der Waals surface area contributed by atoms with E-state index in [9.17, 15) is 0 Å². The molecule has 0 aliphatic heterocycles. The number of anilines is 1. The number of aryl methyl sites for hydroxylation is 3. The molecule has 84 valence electrons. The Morgan fingerprint density at radius 2 is 2.19 bits per heavy atom. The van der Waals surface area contributed by atoms with Crippen molar-refractivity contribution in [3.8, 4) is 0 Å². The van der Waals surface area contributed by atoms with E-state index in [-0.39, 0.29) is 0 Å². The molecular weight excluding hydrogens is 200 g/mol. The number of hydrogen-bond donors (Lipinski definition) is 1. The lowest BCUT2D eigenvalue weighted by molar-refractivity contribution is 0.740. The number of nitrogens with one attached hydrogen (secondary N) is 1. The fourth-order valence-corrected chi connectivity index (χ4v) is 1.52. The normalized spacial score (nSPS) is 10.4. The zero-order chi connectivity index (χ0) is 11.5. The maximum absolute atomic E-state index is 4.33. The summed E-state index contributed by atoms with van der Waals surface area (Å²) >= 11 is 0. The first-order chi connectivity index (χ1) is 7.66. The van der Waals surface area contributed by atoms with Crippen LogP contribution < -0.4 is 5.32 Å². The summed E-state index contributed by atoms with van der Waals surface area (Å²) in [6.07, 6.45) is 1.81. The molecule has 0 saturated heterocycles. The molecule has 0 aliphatic carbocycles. The second-order valence-corrected chi connectivity index (χ2v) is 3.92. The number of aromatic nitrogens is 3. The predicted octanol–water partition coefficient (Wildman–Crippen LogP) is 2.04. The zero-order valence-electron chi connectivity index (χ0n) is 9.86. The van der Waals surface area contributed by atoms with Gasteiger partial charge in [0.25, 0.3) is 0 Å². The Hall–Kier alpha value is -1.84. The molecular formula is C12H16N4. The molecule has 0 bridgehead atoms. The van der Waals surface area contributed by atoms with Gasteiger partial charge in [0.2, 0.25) is 0 Å². The van der Waals surface area contributed by atoms with Crippen molar-refractivity contribution < 1.29 is 0 Å². The molecule has 0 aliphatic rings. The molecule has 0 aromatic carbocycles. The molecule has 4 heteroatoms. The van der Waals surface area contributed by atoms with Crippen LogP contribution in [0.1, 0.15) is 17.0 Å². The summed E-state index contributed by atoms with van der Waals surface area (Å²) in [6.45, 7) is 4.81. The summed E-state index contributed by atoms with van der Waals surface area (Å²) < 4.78 is 1.85. The molecule has 2 rings (SSSR count). The largest absolute Gasteiger partial charge is 0.363 e. The van der Waals surface area contributed by atoms with Gasteiger partial charge in [-0.25, -0.2) is 0 Å². The molecule has 1 N–H and O–H groups in total. The molecule has 2 aromatic rings. The number of rotatable bonds is 3. The van der Waals surface area contributed by atoms with Crippen LogP contribution in [0.4, 0.5) is 5.82 Å². The van der Waals surface area contributed by atoms with Crippen molar-refractivity contribution in [2.45, 2.75) is 20.4 Å². The standard InChI is InChI=1S/C12H16N4/c1-9-5-4-6-13-11(9)8-14-12-7-10(2)16(3)15-12/h4-7H,8H2,1-3H3,(H,14,15). The molecule has 2 heterocycles. The highest BCUT2D eigenvalue weighted by atomic mass is 15.3. The fraction of sp³-hybridized carbons (Fsp3) is 0.333. The van der Waals surface area contributed by atoms with Gasteiger partial charge >= 0.3 is 0 Å². The van der Waals surface area contributed by atoms with Crippen LogP contribution in [0.25, 0.3) is 0 Å². The van der Waals surface area contributed by atoms with Crippen LogP contribution in [0, 0.1) is 13.8 Å². The van der Waals surface area contributed by atoms with Crippen LogP contribution in [0.15, 0.2) is 24.4 Å². The van der Waals surface area contributed by atoms with Gasteiger partial charge in [-0.3, -0.25) is 9.67 Å². The quantitative estimate of drug-likeness (QED) is 0.853. The highest BCUT2D eigenvalue weighted by molar-refractivity contribution is 5.36. The van der Waals surface area contributed by atoms with Gasteiger partial charge in [-0.05, 0) is 25.5 Å². The summed E-state index contributed by atoms with van der Waals surface area (Å²) in [5.74, 6) is 0.894. The SMILES string of the molecule is Cc1cccnc1CNc1cc(C)n(C)n1. The van der Waals surface area contributed by atoms with Gasteiger partial charge in [-0.1, -0.05) is 6.07 Å². The van der Waals surface area contributed by atoms with Crippen molar-refractivity contribution in [3.63, 3.8) is 0 Å². The Morgan fingerprint density at radius 3 is 2.81 bits per heavy atom. The molecule has 0 amide bonds. The zero-order valence-corrected chi connectivity index (χ0v) is 9.86. The van der Waals surface area contributed by atoms with Crippen molar-refractivity contribution in [1.82, 2.24) is 14.8 Å². The molecule has 0 saturated carbocycles. The summed E-state index contributed by atoms with van der Waals surface area (Å²) in [7, 11) is 1.94. The summed E-state index contributed by atoms with van der Waals surface area (Å²) in [5, 5.41) is 7.60. The number of hydrogen-bond acceptors (Lipinski definition) is 3. The molecule has 0 unspecified atom stereocenters. The van der Waals surface area contributed by atoms with Crippen LogP contribution in [0.5, 0.6) is 0 Å². The Labute approximate surface area is 95.3 Å². The Balaban J connectivity index is 2.05. The Kier molecular flexibility index (Phi) is 2.90. The topological polar surface area (TPSA) is 42.7 Å². The van der Waals surface area contributed by atoms with E-state index < -0.39 is 0 Å². The third-order valence-corrected chi connectivity index (χ3v) is 2.67. The first-order valence-electron chi connectivity index (χ1n) is 5.32. The van der Waals surface area contributed by atoms with E-state index >= 15 is 0 Å². The van der Waals surface area contributed by atoms with Crippen LogP contribution in [0.2, 0.25) is 0 Å². The van der Waals surface area contributed by atoms with Crippen LogP contribution in [-0.2, 0) is 13.6 Å². The average Bonchev–Trinajstić information content (AvgIpc) is 2.57. The fourth-order valence-electron chi connectivity index (χ4n) is 1.52. The minimum Gasteiger partial charge on any atom is -0.363 e. The van der Waals surface area contributed by atoms with Gasteiger partial charge in [0.1, 0.15) is 5.82 Å². The van der Waals surface area contributed by atoms with E-state index in [4.69, 9.17) is 0 Å². The monoisotopic (exact) mass is 216 g/mol. The summed E-state index contributed by atoms with van der Waals surface area (Å²) in [6, 6.07) is 6.04. The van der Waals surface area contributed by atoms with Crippen LogP contribution in [0.3, 0.4) is 0 Å². The third-order valence-electron chi connectivity index (χ3n) is 2.67. The lowest BCUT2D eigenvalue weighted by Gasteiger charge is -2.04. The van der Waals surface area contributed by atoms with Gasteiger partial charge in [0.05, 0.1) is 12.2 Å². The van der Waals surface area contributed by atoms with Crippen LogP contribution in [-0.4, -0.2) is 14.8 Å². The predicted molar refractivity (Wildman–Crippen MR) is 64.2 cm³/mol. The van der Waals surface area contributed by atoms with E-state index in [1.807, 2.05) is 37.0 Å². The maximum atomic E-state index is 4.33. The molecule has 4 nitrogen and oxygen atoms in total. The van der Waals surface area contributed by atoms with Crippen molar-refractivity contribution >= 4 is 5.82 Å². The number of nitrogens with zero attached hydrogens (tertiary/aromatic N) is 3. The maximum Gasteiger partial charge on any atom is 0.148 e. The van der Waals surface area contributed by atoms with Crippen molar-refractivity contribution in [2.24, 2.45) is 7.05 Å². The highest BCUT2D eigenvalue weighted by Gasteiger charge is 2.02. The highest BCUT2D eigenvalue weighted by Crippen LogP contribution is 2.09. The van der Waals surface area contributed by atoms with Gasteiger partial charge in [0, 0.05) is 25.0 Å². The van der Waals surface area contributed by atoms with E-state index in [1.165, 1.54) is 5.56 Å². The minimum absolute atomic E-state index is 0.711. The minimum atomic E-state index is 0.711. The molecule has 0 spiro atoms. The van der Waals surface area contributed by atoms with Crippen LogP contribution >= 0.6 is 0 Å².